The monoisotopic (exact) mass is 168 g/mol. The normalized spacial score (nSPS) is 39.5. The zero-order chi connectivity index (χ0) is 8.65. The van der Waals surface area contributed by atoms with E-state index in [1.165, 1.54) is 6.92 Å². The van der Waals surface area contributed by atoms with Crippen molar-refractivity contribution in [3.8, 4) is 0 Å². The van der Waals surface area contributed by atoms with Gasteiger partial charge < -0.3 is 4.74 Å². The molecule has 1 saturated heterocycles. The molecule has 0 saturated carbocycles. The van der Waals surface area contributed by atoms with Crippen LogP contribution in [0.2, 0.25) is 0 Å². The van der Waals surface area contributed by atoms with E-state index in [1.807, 2.05) is 0 Å². The van der Waals surface area contributed by atoms with Crippen molar-refractivity contribution in [2.45, 2.75) is 38.7 Å². The predicted octanol–water partition coefficient (Wildman–Crippen LogP) is 2.36. The second-order valence-corrected chi connectivity index (χ2v) is 3.04. The molecule has 1 aliphatic rings. The van der Waals surface area contributed by atoms with Crippen molar-refractivity contribution in [3.63, 3.8) is 0 Å². The summed E-state index contributed by atoms with van der Waals surface area (Å²) in [5.74, 6) is -1.27. The van der Waals surface area contributed by atoms with Crippen molar-refractivity contribution >= 4 is 0 Å². The molecule has 0 aromatic heterocycles. The summed E-state index contributed by atoms with van der Waals surface area (Å²) in [5, 5.41) is 0. The highest BCUT2D eigenvalue weighted by atomic mass is 19.4. The van der Waals surface area contributed by atoms with E-state index in [9.17, 15) is 13.2 Å². The van der Waals surface area contributed by atoms with Crippen LogP contribution in [0.4, 0.5) is 13.2 Å². The van der Waals surface area contributed by atoms with Gasteiger partial charge in [-0.25, -0.2) is 0 Å². The van der Waals surface area contributed by atoms with Crippen LogP contribution in [0.3, 0.4) is 0 Å². The highest BCUT2D eigenvalue weighted by molar-refractivity contribution is 4.82. The van der Waals surface area contributed by atoms with Crippen molar-refractivity contribution in [2.75, 3.05) is 0 Å². The standard InChI is InChI=1S/C7H11F3O/c1-4-3-6(5(2)11-4)7(8,9)10/h4-6H,3H2,1-2H3. The number of hydrogen-bond acceptors (Lipinski definition) is 1. The van der Waals surface area contributed by atoms with Crippen LogP contribution < -0.4 is 0 Å². The molecule has 1 aliphatic heterocycles. The molecular weight excluding hydrogens is 157 g/mol. The second-order valence-electron chi connectivity index (χ2n) is 3.04. The van der Waals surface area contributed by atoms with E-state index in [2.05, 4.69) is 0 Å². The van der Waals surface area contributed by atoms with Crippen molar-refractivity contribution in [3.05, 3.63) is 0 Å². The van der Waals surface area contributed by atoms with Gasteiger partial charge in [-0.15, -0.1) is 0 Å². The van der Waals surface area contributed by atoms with Crippen LogP contribution in [0.1, 0.15) is 20.3 Å². The van der Waals surface area contributed by atoms with Gasteiger partial charge in [0.1, 0.15) is 0 Å². The van der Waals surface area contributed by atoms with Gasteiger partial charge in [-0.2, -0.15) is 13.2 Å². The second kappa shape index (κ2) is 2.66. The number of hydrogen-bond donors (Lipinski definition) is 0. The molecule has 0 radical (unpaired) electrons. The van der Waals surface area contributed by atoms with Crippen LogP contribution in [0, 0.1) is 5.92 Å². The summed E-state index contributed by atoms with van der Waals surface area (Å²) in [4.78, 5) is 0. The van der Waals surface area contributed by atoms with Crippen LogP contribution in [0.25, 0.3) is 0 Å². The molecule has 11 heavy (non-hydrogen) atoms. The van der Waals surface area contributed by atoms with E-state index < -0.39 is 18.2 Å². The van der Waals surface area contributed by atoms with Crippen LogP contribution in [-0.2, 0) is 4.74 Å². The van der Waals surface area contributed by atoms with Crippen LogP contribution in [-0.4, -0.2) is 18.4 Å². The Labute approximate surface area is 63.5 Å². The first-order valence-corrected chi connectivity index (χ1v) is 3.63. The fourth-order valence-electron chi connectivity index (χ4n) is 1.47. The summed E-state index contributed by atoms with van der Waals surface area (Å²) in [7, 11) is 0. The Morgan fingerprint density at radius 1 is 1.27 bits per heavy atom. The van der Waals surface area contributed by atoms with E-state index >= 15 is 0 Å². The molecule has 0 aromatic carbocycles. The van der Waals surface area contributed by atoms with Gasteiger partial charge in [0, 0.05) is 0 Å². The lowest BCUT2D eigenvalue weighted by molar-refractivity contribution is -0.184. The van der Waals surface area contributed by atoms with E-state index in [1.54, 1.807) is 6.92 Å². The van der Waals surface area contributed by atoms with Crippen LogP contribution in [0.5, 0.6) is 0 Å². The number of alkyl halides is 3. The molecule has 66 valence electrons. The van der Waals surface area contributed by atoms with Crippen LogP contribution >= 0.6 is 0 Å². The van der Waals surface area contributed by atoms with Crippen molar-refractivity contribution in [2.24, 2.45) is 5.92 Å². The van der Waals surface area contributed by atoms with Crippen LogP contribution in [0.15, 0.2) is 0 Å². The largest absolute Gasteiger partial charge is 0.394 e. The quantitative estimate of drug-likeness (QED) is 0.539. The maximum absolute atomic E-state index is 12.1. The molecule has 1 heterocycles. The first-order valence-electron chi connectivity index (χ1n) is 3.63. The Kier molecular flexibility index (Phi) is 2.14. The summed E-state index contributed by atoms with van der Waals surface area (Å²) in [6, 6.07) is 0. The number of halogens is 3. The molecule has 0 N–H and O–H groups in total. The van der Waals surface area contributed by atoms with E-state index in [-0.39, 0.29) is 12.5 Å². The Bertz CT molecular complexity index is 143. The Hall–Kier alpha value is -0.250. The third-order valence-corrected chi connectivity index (χ3v) is 2.02. The fourth-order valence-corrected chi connectivity index (χ4v) is 1.47. The molecule has 1 nitrogen and oxygen atoms in total. The Morgan fingerprint density at radius 2 is 1.82 bits per heavy atom. The predicted molar refractivity (Wildman–Crippen MR) is 34.2 cm³/mol. The molecule has 0 aromatic rings. The van der Waals surface area contributed by atoms with Gasteiger partial charge in [-0.05, 0) is 20.3 Å². The van der Waals surface area contributed by atoms with Gasteiger partial charge in [0.2, 0.25) is 0 Å². The molecule has 1 rings (SSSR count). The summed E-state index contributed by atoms with van der Waals surface area (Å²) < 4.78 is 41.3. The smallest absolute Gasteiger partial charge is 0.375 e. The number of rotatable bonds is 0. The molecular formula is C7H11F3O. The van der Waals surface area contributed by atoms with Gasteiger partial charge in [-0.3, -0.25) is 0 Å². The molecule has 0 bridgehead atoms. The maximum atomic E-state index is 12.1. The lowest BCUT2D eigenvalue weighted by Gasteiger charge is -2.16. The van der Waals surface area contributed by atoms with Gasteiger partial charge in [0.25, 0.3) is 0 Å². The third-order valence-electron chi connectivity index (χ3n) is 2.02. The molecule has 0 spiro atoms. The lowest BCUT2D eigenvalue weighted by Crippen LogP contribution is -2.28. The minimum absolute atomic E-state index is 0.102. The zero-order valence-electron chi connectivity index (χ0n) is 6.48. The van der Waals surface area contributed by atoms with E-state index in [4.69, 9.17) is 4.74 Å². The summed E-state index contributed by atoms with van der Waals surface area (Å²) in [5.41, 5.74) is 0. The van der Waals surface area contributed by atoms with Crippen molar-refractivity contribution in [1.29, 1.82) is 0 Å². The summed E-state index contributed by atoms with van der Waals surface area (Å²) in [6.07, 6.45) is -4.92. The average Bonchev–Trinajstić information content (AvgIpc) is 2.08. The van der Waals surface area contributed by atoms with Gasteiger partial charge >= 0.3 is 6.18 Å². The minimum atomic E-state index is -4.09. The van der Waals surface area contributed by atoms with E-state index in [0.717, 1.165) is 0 Å². The Morgan fingerprint density at radius 3 is 2.00 bits per heavy atom. The molecule has 3 unspecified atom stereocenters. The Balaban J connectivity index is 2.60. The SMILES string of the molecule is CC1CC(C(F)(F)F)C(C)O1. The fraction of sp³-hybridized carbons (Fsp3) is 1.00. The average molecular weight is 168 g/mol. The van der Waals surface area contributed by atoms with Crippen molar-refractivity contribution in [1.82, 2.24) is 0 Å². The molecule has 1 fully saturated rings. The molecule has 0 aliphatic carbocycles. The number of ether oxygens (including phenoxy) is 1. The highest BCUT2D eigenvalue weighted by Crippen LogP contribution is 2.38. The van der Waals surface area contributed by atoms with E-state index in [0.29, 0.717) is 0 Å². The molecule has 0 amide bonds. The zero-order valence-corrected chi connectivity index (χ0v) is 6.48. The lowest BCUT2D eigenvalue weighted by atomic mass is 10.0. The van der Waals surface area contributed by atoms with Gasteiger partial charge in [-0.1, -0.05) is 0 Å². The summed E-state index contributed by atoms with van der Waals surface area (Å²) in [6.45, 7) is 3.14. The van der Waals surface area contributed by atoms with Gasteiger partial charge in [0.15, 0.2) is 0 Å². The van der Waals surface area contributed by atoms with Gasteiger partial charge in [0.05, 0.1) is 18.1 Å². The first-order chi connectivity index (χ1) is 4.91. The third kappa shape index (κ3) is 1.86. The first kappa shape index (κ1) is 8.84. The molecule has 4 heteroatoms. The topological polar surface area (TPSA) is 9.23 Å². The van der Waals surface area contributed by atoms with Crippen molar-refractivity contribution < 1.29 is 17.9 Å². The maximum Gasteiger partial charge on any atom is 0.394 e. The summed E-state index contributed by atoms with van der Waals surface area (Å²) >= 11 is 0. The minimum Gasteiger partial charge on any atom is -0.375 e. The molecule has 3 atom stereocenters. The highest BCUT2D eigenvalue weighted by Gasteiger charge is 2.48.